The molecule has 0 rings (SSSR count). The predicted octanol–water partition coefficient (Wildman–Crippen LogP) is 0.855. The SMILES string of the molecule is [CH2]C=CCCN(C)C=O. The van der Waals surface area contributed by atoms with Gasteiger partial charge in [-0.25, -0.2) is 0 Å². The molecule has 1 amide bonds. The lowest BCUT2D eigenvalue weighted by atomic mass is 10.4. The summed E-state index contributed by atoms with van der Waals surface area (Å²) in [6.07, 6.45) is 5.37. The van der Waals surface area contributed by atoms with E-state index in [-0.39, 0.29) is 0 Å². The summed E-state index contributed by atoms with van der Waals surface area (Å²) in [7, 11) is 1.75. The van der Waals surface area contributed by atoms with Crippen LogP contribution in [0.3, 0.4) is 0 Å². The maximum Gasteiger partial charge on any atom is 0.209 e. The summed E-state index contributed by atoms with van der Waals surface area (Å²) in [6.45, 7) is 4.29. The van der Waals surface area contributed by atoms with Gasteiger partial charge in [0.25, 0.3) is 0 Å². The molecule has 0 aromatic rings. The molecule has 0 saturated heterocycles. The molecule has 0 fully saturated rings. The second-order valence-electron chi connectivity index (χ2n) is 1.85. The molecule has 0 atom stereocenters. The Balaban J connectivity index is 3.16. The standard InChI is InChI=1S/C7H12NO/c1-3-4-5-6-8(2)7-9/h3-4,7H,1,5-6H2,2H3. The van der Waals surface area contributed by atoms with Crippen molar-refractivity contribution < 1.29 is 4.79 Å². The number of hydrogen-bond donors (Lipinski definition) is 0. The smallest absolute Gasteiger partial charge is 0.209 e. The van der Waals surface area contributed by atoms with E-state index >= 15 is 0 Å². The summed E-state index contributed by atoms with van der Waals surface area (Å²) in [4.78, 5) is 11.6. The fourth-order valence-electron chi connectivity index (χ4n) is 0.449. The zero-order valence-corrected chi connectivity index (χ0v) is 5.71. The molecule has 0 aliphatic carbocycles. The lowest BCUT2D eigenvalue weighted by Gasteiger charge is -2.06. The Morgan fingerprint density at radius 3 is 2.78 bits per heavy atom. The van der Waals surface area contributed by atoms with Crippen molar-refractivity contribution in [2.75, 3.05) is 13.6 Å². The molecule has 0 aliphatic rings. The molecule has 0 N–H and O–H groups in total. The van der Waals surface area contributed by atoms with Gasteiger partial charge in [-0.15, -0.1) is 0 Å². The molecule has 9 heavy (non-hydrogen) atoms. The number of carbonyl (C=O) groups excluding carboxylic acids is 1. The van der Waals surface area contributed by atoms with Crippen molar-refractivity contribution in [2.45, 2.75) is 6.42 Å². The van der Waals surface area contributed by atoms with Crippen LogP contribution in [-0.4, -0.2) is 24.9 Å². The number of nitrogens with zero attached hydrogens (tertiary/aromatic N) is 1. The molecule has 0 aromatic carbocycles. The summed E-state index contributed by atoms with van der Waals surface area (Å²) >= 11 is 0. The van der Waals surface area contributed by atoms with Crippen molar-refractivity contribution in [3.63, 3.8) is 0 Å². The molecule has 2 nitrogen and oxygen atoms in total. The summed E-state index contributed by atoms with van der Waals surface area (Å²) in [5, 5.41) is 0. The first kappa shape index (κ1) is 8.21. The van der Waals surface area contributed by atoms with E-state index in [1.54, 1.807) is 18.0 Å². The molecule has 1 radical (unpaired) electrons. The molecule has 0 aromatic heterocycles. The van der Waals surface area contributed by atoms with Gasteiger partial charge in [-0.05, 0) is 13.3 Å². The minimum absolute atomic E-state index is 0.773. The van der Waals surface area contributed by atoms with Gasteiger partial charge in [-0.1, -0.05) is 12.2 Å². The van der Waals surface area contributed by atoms with Crippen LogP contribution < -0.4 is 0 Å². The van der Waals surface area contributed by atoms with Crippen LogP contribution in [0.15, 0.2) is 12.2 Å². The summed E-state index contributed by atoms with van der Waals surface area (Å²) in [6, 6.07) is 0. The first-order chi connectivity index (χ1) is 4.31. The zero-order chi connectivity index (χ0) is 7.11. The molecule has 0 aliphatic heterocycles. The van der Waals surface area contributed by atoms with Gasteiger partial charge in [-0.3, -0.25) is 4.79 Å². The minimum Gasteiger partial charge on any atom is -0.348 e. The van der Waals surface area contributed by atoms with E-state index in [1.165, 1.54) is 0 Å². The van der Waals surface area contributed by atoms with E-state index in [1.807, 2.05) is 6.08 Å². The van der Waals surface area contributed by atoms with Crippen LogP contribution in [0, 0.1) is 6.92 Å². The monoisotopic (exact) mass is 126 g/mol. The largest absolute Gasteiger partial charge is 0.348 e. The van der Waals surface area contributed by atoms with Crippen molar-refractivity contribution >= 4 is 6.41 Å². The lowest BCUT2D eigenvalue weighted by molar-refractivity contribution is -0.116. The Hall–Kier alpha value is -0.790. The molecule has 0 spiro atoms. The Morgan fingerprint density at radius 1 is 1.67 bits per heavy atom. The second-order valence-corrected chi connectivity index (χ2v) is 1.85. The van der Waals surface area contributed by atoms with Crippen molar-refractivity contribution in [1.82, 2.24) is 4.90 Å². The van der Waals surface area contributed by atoms with Crippen LogP contribution in [0.1, 0.15) is 6.42 Å². The van der Waals surface area contributed by atoms with Crippen molar-refractivity contribution in [3.05, 3.63) is 19.1 Å². The first-order valence-electron chi connectivity index (χ1n) is 2.91. The van der Waals surface area contributed by atoms with Crippen molar-refractivity contribution in [2.24, 2.45) is 0 Å². The van der Waals surface area contributed by atoms with Gasteiger partial charge in [0.05, 0.1) is 0 Å². The van der Waals surface area contributed by atoms with E-state index in [0.29, 0.717) is 0 Å². The molecule has 0 saturated carbocycles. The number of carbonyl (C=O) groups is 1. The van der Waals surface area contributed by atoms with Crippen molar-refractivity contribution in [3.8, 4) is 0 Å². The molecule has 51 valence electrons. The maximum atomic E-state index is 9.99. The van der Waals surface area contributed by atoms with E-state index in [9.17, 15) is 4.79 Å². The Labute approximate surface area is 56.2 Å². The van der Waals surface area contributed by atoms with Crippen molar-refractivity contribution in [1.29, 1.82) is 0 Å². The molecule has 0 bridgehead atoms. The average Bonchev–Trinajstić information content (AvgIpc) is 1.89. The van der Waals surface area contributed by atoms with Crippen LogP contribution in [0.2, 0.25) is 0 Å². The van der Waals surface area contributed by atoms with E-state index < -0.39 is 0 Å². The third-order valence-corrected chi connectivity index (χ3v) is 0.995. The van der Waals surface area contributed by atoms with Gasteiger partial charge in [0, 0.05) is 13.6 Å². The quantitative estimate of drug-likeness (QED) is 0.511. The van der Waals surface area contributed by atoms with Crippen LogP contribution >= 0.6 is 0 Å². The Bertz CT molecular complexity index is 99.1. The van der Waals surface area contributed by atoms with Gasteiger partial charge in [0.1, 0.15) is 0 Å². The van der Waals surface area contributed by atoms with Crippen LogP contribution in [-0.2, 0) is 4.79 Å². The van der Waals surface area contributed by atoms with Crippen LogP contribution in [0.4, 0.5) is 0 Å². The highest BCUT2D eigenvalue weighted by Gasteiger charge is 1.86. The van der Waals surface area contributed by atoms with Gasteiger partial charge < -0.3 is 4.90 Å². The first-order valence-corrected chi connectivity index (χ1v) is 2.91. The van der Waals surface area contributed by atoms with Gasteiger partial charge >= 0.3 is 0 Å². The van der Waals surface area contributed by atoms with E-state index in [4.69, 9.17) is 0 Å². The minimum atomic E-state index is 0.773. The highest BCUT2D eigenvalue weighted by molar-refractivity contribution is 5.46. The normalized spacial score (nSPS) is 10.0. The Morgan fingerprint density at radius 2 is 2.33 bits per heavy atom. The van der Waals surface area contributed by atoms with Gasteiger partial charge in [0.15, 0.2) is 0 Å². The third-order valence-electron chi connectivity index (χ3n) is 0.995. The molecule has 0 unspecified atom stereocenters. The fraction of sp³-hybridized carbons (Fsp3) is 0.429. The highest BCUT2D eigenvalue weighted by Crippen LogP contribution is 1.84. The second kappa shape index (κ2) is 5.35. The van der Waals surface area contributed by atoms with Crippen LogP contribution in [0.5, 0.6) is 0 Å². The highest BCUT2D eigenvalue weighted by atomic mass is 16.1. The zero-order valence-electron chi connectivity index (χ0n) is 5.71. The van der Waals surface area contributed by atoms with E-state index in [0.717, 1.165) is 19.4 Å². The number of hydrogen-bond acceptors (Lipinski definition) is 1. The predicted molar refractivity (Wildman–Crippen MR) is 37.8 cm³/mol. The van der Waals surface area contributed by atoms with E-state index in [2.05, 4.69) is 6.92 Å². The lowest BCUT2D eigenvalue weighted by Crippen LogP contribution is -2.16. The molecular formula is C7H12NO. The maximum absolute atomic E-state index is 9.99. The topological polar surface area (TPSA) is 20.3 Å². The summed E-state index contributed by atoms with van der Waals surface area (Å²) in [5.74, 6) is 0. The summed E-state index contributed by atoms with van der Waals surface area (Å²) < 4.78 is 0. The van der Waals surface area contributed by atoms with Gasteiger partial charge in [0.2, 0.25) is 6.41 Å². The Kier molecular flexibility index (Phi) is 4.88. The molecule has 2 heteroatoms. The molecule has 0 heterocycles. The van der Waals surface area contributed by atoms with Crippen LogP contribution in [0.25, 0.3) is 0 Å². The molecular weight excluding hydrogens is 114 g/mol. The van der Waals surface area contributed by atoms with Gasteiger partial charge in [-0.2, -0.15) is 0 Å². The summed E-state index contributed by atoms with van der Waals surface area (Å²) in [5.41, 5.74) is 0. The average molecular weight is 126 g/mol. The number of allylic oxidation sites excluding steroid dienone is 1. The third kappa shape index (κ3) is 5.07. The fourth-order valence-corrected chi connectivity index (χ4v) is 0.449. The number of amides is 1. The number of rotatable bonds is 4.